The summed E-state index contributed by atoms with van der Waals surface area (Å²) in [4.78, 5) is 0. The summed E-state index contributed by atoms with van der Waals surface area (Å²) in [6.45, 7) is 1.42. The average Bonchev–Trinajstić information content (AvgIpc) is 2.46. The standard InChI is InChI=1S/C15H15F9O4/c1-4-6-8(12(28,14(19,20)21)15(22,23)24)9(25)5(2)7(10(6)26)11(3,27)13(16,17)18/h25-28H,4H2,1-3H3. The van der Waals surface area contributed by atoms with Crippen LogP contribution in [0.2, 0.25) is 0 Å². The molecular weight excluding hydrogens is 415 g/mol. The Balaban J connectivity index is 4.20. The maximum atomic E-state index is 13.2. The van der Waals surface area contributed by atoms with E-state index in [1.165, 1.54) is 0 Å². The van der Waals surface area contributed by atoms with Crippen LogP contribution < -0.4 is 0 Å². The molecule has 0 spiro atoms. The van der Waals surface area contributed by atoms with Gasteiger partial charge < -0.3 is 20.4 Å². The normalized spacial score (nSPS) is 16.2. The first kappa shape index (κ1) is 24.1. The third-order valence-corrected chi connectivity index (χ3v) is 4.37. The zero-order valence-corrected chi connectivity index (χ0v) is 14.4. The van der Waals surface area contributed by atoms with Gasteiger partial charge in [-0.2, -0.15) is 39.5 Å². The molecule has 4 nitrogen and oxygen atoms in total. The van der Waals surface area contributed by atoms with Crippen LogP contribution in [-0.2, 0) is 17.6 Å². The number of phenolic OH excluding ortho intramolecular Hbond substituents is 2. The molecule has 162 valence electrons. The van der Waals surface area contributed by atoms with E-state index in [2.05, 4.69) is 0 Å². The Bertz CT molecular complexity index is 747. The molecule has 4 N–H and O–H groups in total. The lowest BCUT2D eigenvalue weighted by Gasteiger charge is -2.37. The minimum Gasteiger partial charge on any atom is -0.507 e. The third kappa shape index (κ3) is 3.23. The lowest BCUT2D eigenvalue weighted by molar-refractivity contribution is -0.376. The van der Waals surface area contributed by atoms with Gasteiger partial charge in [-0.1, -0.05) is 6.92 Å². The van der Waals surface area contributed by atoms with Gasteiger partial charge in [0.1, 0.15) is 11.5 Å². The molecule has 1 atom stereocenters. The summed E-state index contributed by atoms with van der Waals surface area (Å²) >= 11 is 0. The summed E-state index contributed by atoms with van der Waals surface area (Å²) in [5, 5.41) is 39.3. The maximum Gasteiger partial charge on any atom is 0.430 e. The number of hydrogen-bond donors (Lipinski definition) is 4. The largest absolute Gasteiger partial charge is 0.507 e. The van der Waals surface area contributed by atoms with Crippen LogP contribution in [0.5, 0.6) is 11.5 Å². The molecule has 0 heterocycles. The van der Waals surface area contributed by atoms with Crippen molar-refractivity contribution in [3.05, 3.63) is 22.3 Å². The van der Waals surface area contributed by atoms with Gasteiger partial charge in [0, 0.05) is 16.7 Å². The minimum absolute atomic E-state index is 0.0906. The van der Waals surface area contributed by atoms with Crippen molar-refractivity contribution >= 4 is 0 Å². The first-order valence-corrected chi connectivity index (χ1v) is 7.41. The van der Waals surface area contributed by atoms with E-state index in [4.69, 9.17) is 0 Å². The van der Waals surface area contributed by atoms with Crippen molar-refractivity contribution in [2.45, 2.75) is 56.9 Å². The topological polar surface area (TPSA) is 80.9 Å². The molecule has 28 heavy (non-hydrogen) atoms. The second-order valence-electron chi connectivity index (χ2n) is 6.18. The molecule has 0 amide bonds. The van der Waals surface area contributed by atoms with Crippen LogP contribution in [0.3, 0.4) is 0 Å². The molecule has 0 aliphatic carbocycles. The van der Waals surface area contributed by atoms with Crippen LogP contribution in [0.4, 0.5) is 39.5 Å². The van der Waals surface area contributed by atoms with Gasteiger partial charge in [0.05, 0.1) is 5.56 Å². The summed E-state index contributed by atoms with van der Waals surface area (Å²) in [6.07, 6.45) is -19.4. The molecule has 1 aromatic rings. The van der Waals surface area contributed by atoms with Gasteiger partial charge >= 0.3 is 18.5 Å². The van der Waals surface area contributed by atoms with Crippen molar-refractivity contribution in [2.24, 2.45) is 0 Å². The summed E-state index contributed by atoms with van der Waals surface area (Å²) in [5.41, 5.74) is -16.2. The number of halogens is 9. The molecule has 13 heteroatoms. The van der Waals surface area contributed by atoms with Crippen molar-refractivity contribution in [2.75, 3.05) is 0 Å². The van der Waals surface area contributed by atoms with E-state index in [0.29, 0.717) is 6.92 Å². The van der Waals surface area contributed by atoms with Gasteiger partial charge in [-0.25, -0.2) is 0 Å². The van der Waals surface area contributed by atoms with E-state index >= 15 is 0 Å². The number of aromatic hydroxyl groups is 2. The highest BCUT2D eigenvalue weighted by Crippen LogP contribution is 2.57. The number of aliphatic hydroxyl groups is 2. The number of phenols is 2. The average molecular weight is 430 g/mol. The van der Waals surface area contributed by atoms with Crippen molar-refractivity contribution in [3.8, 4) is 11.5 Å². The molecule has 0 radical (unpaired) electrons. The summed E-state index contributed by atoms with van der Waals surface area (Å²) in [7, 11) is 0. The van der Waals surface area contributed by atoms with Crippen LogP contribution in [0.25, 0.3) is 0 Å². The van der Waals surface area contributed by atoms with E-state index in [1.54, 1.807) is 0 Å². The van der Waals surface area contributed by atoms with Crippen molar-refractivity contribution in [3.63, 3.8) is 0 Å². The van der Waals surface area contributed by atoms with Crippen LogP contribution in [-0.4, -0.2) is 39.0 Å². The Kier molecular flexibility index (Phi) is 5.67. The zero-order chi connectivity index (χ0) is 22.7. The second kappa shape index (κ2) is 6.58. The molecule has 1 rings (SSSR count). The highest BCUT2D eigenvalue weighted by atomic mass is 19.4. The minimum atomic E-state index is -6.46. The third-order valence-electron chi connectivity index (χ3n) is 4.37. The predicted molar refractivity (Wildman–Crippen MR) is 75.5 cm³/mol. The summed E-state index contributed by atoms with van der Waals surface area (Å²) in [5.74, 6) is -3.76. The first-order valence-electron chi connectivity index (χ1n) is 7.41. The highest BCUT2D eigenvalue weighted by molar-refractivity contribution is 5.62. The zero-order valence-electron chi connectivity index (χ0n) is 14.4. The number of alkyl halides is 9. The van der Waals surface area contributed by atoms with Crippen molar-refractivity contribution in [1.82, 2.24) is 0 Å². The molecule has 0 fully saturated rings. The van der Waals surface area contributed by atoms with E-state index < -0.39 is 69.9 Å². The van der Waals surface area contributed by atoms with Gasteiger partial charge in [0.15, 0.2) is 5.60 Å². The monoisotopic (exact) mass is 430 g/mol. The van der Waals surface area contributed by atoms with E-state index in [9.17, 15) is 59.9 Å². The van der Waals surface area contributed by atoms with Crippen molar-refractivity contribution < 1.29 is 59.9 Å². The fourth-order valence-corrected chi connectivity index (χ4v) is 2.81. The van der Waals surface area contributed by atoms with Crippen LogP contribution in [0.15, 0.2) is 0 Å². The number of hydrogen-bond acceptors (Lipinski definition) is 4. The van der Waals surface area contributed by atoms with E-state index in [1.807, 2.05) is 0 Å². The molecule has 0 saturated carbocycles. The molecule has 0 aliphatic heterocycles. The molecule has 0 aromatic heterocycles. The second-order valence-corrected chi connectivity index (χ2v) is 6.18. The van der Waals surface area contributed by atoms with E-state index in [0.717, 1.165) is 6.92 Å². The van der Waals surface area contributed by atoms with Gasteiger partial charge in [-0.3, -0.25) is 0 Å². The summed E-state index contributed by atoms with van der Waals surface area (Å²) < 4.78 is 118. The quantitative estimate of drug-likeness (QED) is 0.431. The fraction of sp³-hybridized carbons (Fsp3) is 0.600. The van der Waals surface area contributed by atoms with Gasteiger partial charge in [-0.15, -0.1) is 0 Å². The number of benzene rings is 1. The Morgan fingerprint density at radius 1 is 0.714 bits per heavy atom. The lowest BCUT2D eigenvalue weighted by Crippen LogP contribution is -2.54. The number of rotatable bonds is 3. The molecular formula is C15H15F9O4. The first-order chi connectivity index (χ1) is 12.2. The van der Waals surface area contributed by atoms with Crippen LogP contribution in [0.1, 0.15) is 36.1 Å². The predicted octanol–water partition coefficient (Wildman–Crippen LogP) is 4.05. The highest BCUT2D eigenvalue weighted by Gasteiger charge is 2.73. The molecule has 0 aliphatic rings. The molecule has 1 aromatic carbocycles. The molecule has 0 saturated heterocycles. The van der Waals surface area contributed by atoms with Crippen LogP contribution in [0, 0.1) is 6.92 Å². The Hall–Kier alpha value is -1.89. The Labute approximate surface area is 151 Å². The van der Waals surface area contributed by atoms with Gasteiger partial charge in [0.25, 0.3) is 5.60 Å². The lowest BCUT2D eigenvalue weighted by atomic mass is 9.79. The van der Waals surface area contributed by atoms with Gasteiger partial charge in [-0.05, 0) is 20.3 Å². The maximum absolute atomic E-state index is 13.2. The fourth-order valence-electron chi connectivity index (χ4n) is 2.81. The Morgan fingerprint density at radius 3 is 1.39 bits per heavy atom. The van der Waals surface area contributed by atoms with Crippen molar-refractivity contribution in [1.29, 1.82) is 0 Å². The molecule has 0 bridgehead atoms. The smallest absolute Gasteiger partial charge is 0.430 e. The SMILES string of the molecule is CCc1c(O)c(C(C)(O)C(F)(F)F)c(C)c(O)c1C(O)(C(F)(F)F)C(F)(F)F. The summed E-state index contributed by atoms with van der Waals surface area (Å²) in [6, 6.07) is 0. The van der Waals surface area contributed by atoms with Crippen LogP contribution >= 0.6 is 0 Å². The Morgan fingerprint density at radius 2 is 1.11 bits per heavy atom. The molecule has 1 unspecified atom stereocenters. The van der Waals surface area contributed by atoms with Gasteiger partial charge in [0.2, 0.25) is 0 Å². The van der Waals surface area contributed by atoms with E-state index in [-0.39, 0.29) is 6.92 Å².